The molecule has 8 heteroatoms. The Morgan fingerprint density at radius 1 is 1.40 bits per heavy atom. The average Bonchev–Trinajstić information content (AvgIpc) is 2.85. The fourth-order valence-corrected chi connectivity index (χ4v) is 3.68. The van der Waals surface area contributed by atoms with Crippen molar-refractivity contribution in [3.8, 4) is 0 Å². The third-order valence-electron chi connectivity index (χ3n) is 3.44. The molecule has 2 heterocycles. The highest BCUT2D eigenvalue weighted by Gasteiger charge is 2.27. The summed E-state index contributed by atoms with van der Waals surface area (Å²) in [6, 6.07) is -0.771. The first kappa shape index (κ1) is 15.0. The van der Waals surface area contributed by atoms with Gasteiger partial charge in [0.05, 0.1) is 17.9 Å². The van der Waals surface area contributed by atoms with Gasteiger partial charge in [0.25, 0.3) is 0 Å². The van der Waals surface area contributed by atoms with Gasteiger partial charge < -0.3 is 4.90 Å². The maximum Gasteiger partial charge on any atom is 0.244 e. The number of H-pyrrole nitrogens is 1. The van der Waals surface area contributed by atoms with Crippen LogP contribution in [0.15, 0.2) is 11.1 Å². The Morgan fingerprint density at radius 2 is 2.05 bits per heavy atom. The largest absolute Gasteiger partial charge is 0.341 e. The van der Waals surface area contributed by atoms with Crippen molar-refractivity contribution >= 4 is 15.9 Å². The van der Waals surface area contributed by atoms with E-state index in [-0.39, 0.29) is 10.8 Å². The van der Waals surface area contributed by atoms with Crippen LogP contribution < -0.4 is 4.72 Å². The summed E-state index contributed by atoms with van der Waals surface area (Å²) in [6.45, 7) is 4.61. The average molecular weight is 300 g/mol. The number of sulfonamides is 1. The molecule has 2 N–H and O–H groups in total. The summed E-state index contributed by atoms with van der Waals surface area (Å²) in [7, 11) is -3.72. The number of nitrogens with zero attached hydrogens (tertiary/aromatic N) is 2. The second-order valence-electron chi connectivity index (χ2n) is 5.09. The summed E-state index contributed by atoms with van der Waals surface area (Å²) in [5.74, 6) is -0.172. The first-order valence-electron chi connectivity index (χ1n) is 6.73. The molecule has 0 saturated carbocycles. The Hall–Kier alpha value is -1.41. The minimum Gasteiger partial charge on any atom is -0.341 e. The first-order valence-corrected chi connectivity index (χ1v) is 8.21. The van der Waals surface area contributed by atoms with Gasteiger partial charge >= 0.3 is 0 Å². The van der Waals surface area contributed by atoms with Gasteiger partial charge in [0.2, 0.25) is 15.9 Å². The lowest BCUT2D eigenvalue weighted by molar-refractivity contribution is -0.133. The van der Waals surface area contributed by atoms with E-state index in [1.54, 1.807) is 18.7 Å². The molecule has 1 aromatic rings. The lowest BCUT2D eigenvalue weighted by Crippen LogP contribution is -2.48. The number of piperidine rings is 1. The second kappa shape index (κ2) is 5.92. The number of hydrogen-bond acceptors (Lipinski definition) is 4. The Morgan fingerprint density at radius 3 is 2.60 bits per heavy atom. The van der Waals surface area contributed by atoms with E-state index in [0.29, 0.717) is 18.8 Å². The zero-order valence-corrected chi connectivity index (χ0v) is 12.5. The van der Waals surface area contributed by atoms with Gasteiger partial charge in [-0.25, -0.2) is 8.42 Å². The molecular formula is C12H20N4O3S. The molecule has 1 atom stereocenters. The van der Waals surface area contributed by atoms with Gasteiger partial charge in [-0.2, -0.15) is 9.82 Å². The molecule has 20 heavy (non-hydrogen) atoms. The van der Waals surface area contributed by atoms with E-state index in [1.165, 1.54) is 6.20 Å². The van der Waals surface area contributed by atoms with Crippen LogP contribution in [0.5, 0.6) is 0 Å². The number of likely N-dealkylation sites (tertiary alicyclic amines) is 1. The van der Waals surface area contributed by atoms with E-state index in [2.05, 4.69) is 14.9 Å². The molecule has 112 valence electrons. The lowest BCUT2D eigenvalue weighted by atomic mass is 10.1. The third kappa shape index (κ3) is 3.18. The number of aromatic amines is 1. The quantitative estimate of drug-likeness (QED) is 0.841. The zero-order chi connectivity index (χ0) is 14.8. The SMILES string of the molecule is Cc1[nH]ncc1S(=O)(=O)NC(C)C(=O)N1CCCCC1. The van der Waals surface area contributed by atoms with Crippen LogP contribution in [-0.4, -0.2) is 48.6 Å². The molecule has 7 nitrogen and oxygen atoms in total. The molecule has 1 aliphatic heterocycles. The zero-order valence-electron chi connectivity index (χ0n) is 11.7. The fourth-order valence-electron chi connectivity index (χ4n) is 2.35. The molecule has 0 aromatic carbocycles. The molecular weight excluding hydrogens is 280 g/mol. The van der Waals surface area contributed by atoms with E-state index >= 15 is 0 Å². The molecule has 1 aliphatic rings. The highest BCUT2D eigenvalue weighted by atomic mass is 32.2. The molecule has 1 unspecified atom stereocenters. The predicted octanol–water partition coefficient (Wildman–Crippen LogP) is 0.397. The van der Waals surface area contributed by atoms with Crippen LogP contribution in [0, 0.1) is 6.92 Å². The van der Waals surface area contributed by atoms with Crippen LogP contribution >= 0.6 is 0 Å². The van der Waals surface area contributed by atoms with Crippen molar-refractivity contribution in [1.82, 2.24) is 19.8 Å². The first-order chi connectivity index (χ1) is 9.42. The van der Waals surface area contributed by atoms with Gasteiger partial charge in [0.1, 0.15) is 4.90 Å². The minimum absolute atomic E-state index is 0.0794. The second-order valence-corrected chi connectivity index (χ2v) is 6.77. The van der Waals surface area contributed by atoms with Crippen LogP contribution in [0.3, 0.4) is 0 Å². The molecule has 1 aromatic heterocycles. The number of rotatable bonds is 4. The molecule has 0 aliphatic carbocycles. The van der Waals surface area contributed by atoms with Crippen molar-refractivity contribution in [2.75, 3.05) is 13.1 Å². The van der Waals surface area contributed by atoms with Crippen molar-refractivity contribution in [3.63, 3.8) is 0 Å². The molecule has 2 rings (SSSR count). The Balaban J connectivity index is 2.05. The fraction of sp³-hybridized carbons (Fsp3) is 0.667. The van der Waals surface area contributed by atoms with E-state index in [4.69, 9.17) is 0 Å². The number of aryl methyl sites for hydroxylation is 1. The number of nitrogens with one attached hydrogen (secondary N) is 2. The summed E-state index contributed by atoms with van der Waals surface area (Å²) >= 11 is 0. The number of carbonyl (C=O) groups is 1. The molecule has 0 bridgehead atoms. The number of amides is 1. The summed E-state index contributed by atoms with van der Waals surface area (Å²) in [5.41, 5.74) is 0.454. The predicted molar refractivity (Wildman–Crippen MR) is 73.5 cm³/mol. The van der Waals surface area contributed by atoms with Crippen molar-refractivity contribution in [2.24, 2.45) is 0 Å². The maximum absolute atomic E-state index is 12.2. The Bertz CT molecular complexity index is 575. The highest BCUT2D eigenvalue weighted by Crippen LogP contribution is 2.13. The third-order valence-corrected chi connectivity index (χ3v) is 5.10. The summed E-state index contributed by atoms with van der Waals surface area (Å²) in [4.78, 5) is 14.0. The Kier molecular flexibility index (Phi) is 4.44. The number of carbonyl (C=O) groups excluding carboxylic acids is 1. The minimum atomic E-state index is -3.72. The van der Waals surface area contributed by atoms with Crippen molar-refractivity contribution in [1.29, 1.82) is 0 Å². The smallest absolute Gasteiger partial charge is 0.244 e. The standard InChI is InChI=1S/C12H20N4O3S/c1-9-11(8-13-14-9)20(18,19)15-10(2)12(17)16-6-4-3-5-7-16/h8,10,15H,3-7H2,1-2H3,(H,13,14). The van der Waals surface area contributed by atoms with E-state index in [1.807, 2.05) is 0 Å². The number of aromatic nitrogens is 2. The Labute approximate surface area is 118 Å². The van der Waals surface area contributed by atoms with Crippen molar-refractivity contribution in [2.45, 2.75) is 44.0 Å². The summed E-state index contributed by atoms with van der Waals surface area (Å²) in [5, 5.41) is 6.27. The van der Waals surface area contributed by atoms with Crippen LogP contribution in [0.1, 0.15) is 31.9 Å². The van der Waals surface area contributed by atoms with Crippen molar-refractivity contribution < 1.29 is 13.2 Å². The summed E-state index contributed by atoms with van der Waals surface area (Å²) < 4.78 is 26.8. The normalized spacial score (nSPS) is 18.0. The lowest BCUT2D eigenvalue weighted by Gasteiger charge is -2.29. The highest BCUT2D eigenvalue weighted by molar-refractivity contribution is 7.89. The van der Waals surface area contributed by atoms with Crippen molar-refractivity contribution in [3.05, 3.63) is 11.9 Å². The molecule has 1 saturated heterocycles. The van der Waals surface area contributed by atoms with Crippen LogP contribution in [-0.2, 0) is 14.8 Å². The topological polar surface area (TPSA) is 95.2 Å². The van der Waals surface area contributed by atoms with E-state index in [9.17, 15) is 13.2 Å². The van der Waals surface area contributed by atoms with Gasteiger partial charge in [0, 0.05) is 13.1 Å². The molecule has 1 fully saturated rings. The van der Waals surface area contributed by atoms with Gasteiger partial charge in [-0.15, -0.1) is 0 Å². The van der Waals surface area contributed by atoms with E-state index in [0.717, 1.165) is 19.3 Å². The number of hydrogen-bond donors (Lipinski definition) is 2. The van der Waals surface area contributed by atoms with Crippen LogP contribution in [0.25, 0.3) is 0 Å². The van der Waals surface area contributed by atoms with Crippen LogP contribution in [0.2, 0.25) is 0 Å². The monoisotopic (exact) mass is 300 g/mol. The van der Waals surface area contributed by atoms with Gasteiger partial charge in [0.15, 0.2) is 0 Å². The van der Waals surface area contributed by atoms with Gasteiger partial charge in [-0.1, -0.05) is 0 Å². The summed E-state index contributed by atoms with van der Waals surface area (Å²) in [6.07, 6.45) is 4.33. The molecule has 1 amide bonds. The molecule has 0 radical (unpaired) electrons. The maximum atomic E-state index is 12.2. The van der Waals surface area contributed by atoms with E-state index < -0.39 is 16.1 Å². The van der Waals surface area contributed by atoms with Crippen LogP contribution in [0.4, 0.5) is 0 Å². The van der Waals surface area contributed by atoms with Gasteiger partial charge in [-0.05, 0) is 33.1 Å². The molecule has 0 spiro atoms. The van der Waals surface area contributed by atoms with Gasteiger partial charge in [-0.3, -0.25) is 9.89 Å².